The monoisotopic (exact) mass is 328 g/mol. The Bertz CT molecular complexity index is 669. The van der Waals surface area contributed by atoms with E-state index in [9.17, 15) is 4.79 Å². The van der Waals surface area contributed by atoms with E-state index in [1.54, 1.807) is 17.8 Å². The van der Waals surface area contributed by atoms with Crippen molar-refractivity contribution >= 4 is 11.8 Å². The van der Waals surface area contributed by atoms with Crippen molar-refractivity contribution in [3.8, 4) is 0 Å². The second-order valence-electron chi connectivity index (χ2n) is 6.34. The van der Waals surface area contributed by atoms with Crippen LogP contribution < -0.4 is 5.56 Å². The van der Waals surface area contributed by atoms with Gasteiger partial charge in [0.2, 0.25) is 5.56 Å². The van der Waals surface area contributed by atoms with Gasteiger partial charge in [-0.3, -0.25) is 9.69 Å². The van der Waals surface area contributed by atoms with Gasteiger partial charge in [-0.1, -0.05) is 18.2 Å². The van der Waals surface area contributed by atoms with Crippen molar-refractivity contribution in [1.82, 2.24) is 9.88 Å². The molecule has 1 aromatic heterocycles. The lowest BCUT2D eigenvalue weighted by Gasteiger charge is -2.32. The number of hydrogen-bond donors (Lipinski definition) is 1. The fourth-order valence-corrected chi connectivity index (χ4v) is 3.76. The third-order valence-corrected chi connectivity index (χ3v) is 5.35. The fourth-order valence-electron chi connectivity index (χ4n) is 3.28. The first kappa shape index (κ1) is 16.3. The van der Waals surface area contributed by atoms with Crippen molar-refractivity contribution in [2.75, 3.05) is 19.3 Å². The van der Waals surface area contributed by atoms with Crippen molar-refractivity contribution in [2.45, 2.75) is 30.7 Å². The topological polar surface area (TPSA) is 36.1 Å². The van der Waals surface area contributed by atoms with Crippen LogP contribution in [-0.4, -0.2) is 29.2 Å². The van der Waals surface area contributed by atoms with Crippen LogP contribution in [-0.2, 0) is 13.0 Å². The second-order valence-corrected chi connectivity index (χ2v) is 7.22. The van der Waals surface area contributed by atoms with Gasteiger partial charge in [-0.2, -0.15) is 0 Å². The average molecular weight is 328 g/mol. The summed E-state index contributed by atoms with van der Waals surface area (Å²) in [6, 6.07) is 12.4. The van der Waals surface area contributed by atoms with Gasteiger partial charge in [-0.05, 0) is 67.8 Å². The number of aromatic amines is 1. The number of benzene rings is 1. The molecule has 0 saturated carbocycles. The minimum absolute atomic E-state index is 0.0176. The molecule has 0 radical (unpaired) electrons. The highest BCUT2D eigenvalue weighted by molar-refractivity contribution is 7.98. The molecule has 0 spiro atoms. The number of nitrogens with one attached hydrogen (secondary N) is 1. The van der Waals surface area contributed by atoms with Crippen LogP contribution in [0, 0.1) is 5.92 Å². The maximum Gasteiger partial charge on any atom is 0.247 e. The molecule has 4 heteroatoms. The van der Waals surface area contributed by atoms with Gasteiger partial charge >= 0.3 is 0 Å². The molecule has 0 unspecified atom stereocenters. The van der Waals surface area contributed by atoms with E-state index in [1.807, 2.05) is 12.3 Å². The summed E-state index contributed by atoms with van der Waals surface area (Å²) in [5.41, 5.74) is 2.64. The van der Waals surface area contributed by atoms with Crippen molar-refractivity contribution in [3.63, 3.8) is 0 Å². The summed E-state index contributed by atoms with van der Waals surface area (Å²) in [6.07, 6.45) is 7.54. The normalized spacial score (nSPS) is 16.6. The summed E-state index contributed by atoms with van der Waals surface area (Å²) >= 11 is 1.80. The molecule has 1 fully saturated rings. The zero-order valence-corrected chi connectivity index (χ0v) is 14.4. The second kappa shape index (κ2) is 7.84. The lowest BCUT2D eigenvalue weighted by Crippen LogP contribution is -2.33. The van der Waals surface area contributed by atoms with Gasteiger partial charge in [0.05, 0.1) is 0 Å². The van der Waals surface area contributed by atoms with Gasteiger partial charge < -0.3 is 4.98 Å². The molecule has 1 N–H and O–H groups in total. The third-order valence-electron chi connectivity index (χ3n) is 4.62. The van der Waals surface area contributed by atoms with Crippen LogP contribution in [0.1, 0.15) is 24.0 Å². The van der Waals surface area contributed by atoms with Crippen LogP contribution in [0.2, 0.25) is 0 Å². The number of hydrogen-bond acceptors (Lipinski definition) is 3. The van der Waals surface area contributed by atoms with Crippen LogP contribution in [0.3, 0.4) is 0 Å². The van der Waals surface area contributed by atoms with Gasteiger partial charge in [0.25, 0.3) is 0 Å². The molecule has 122 valence electrons. The molecular weight excluding hydrogens is 304 g/mol. The summed E-state index contributed by atoms with van der Waals surface area (Å²) in [4.78, 5) is 17.8. The standard InChI is InChI=1S/C19H24N2OS/c1-23-18-4-2-3-17(12-18)14-21-9-7-15(8-10-21)11-16-5-6-19(22)20-13-16/h2-6,12-13,15H,7-11,14H2,1H3,(H,20,22). The Balaban J connectivity index is 1.50. The molecule has 0 atom stereocenters. The van der Waals surface area contributed by atoms with E-state index in [-0.39, 0.29) is 5.56 Å². The molecule has 0 aliphatic carbocycles. The van der Waals surface area contributed by atoms with E-state index in [0.717, 1.165) is 32.0 Å². The summed E-state index contributed by atoms with van der Waals surface area (Å²) in [5, 5.41) is 0. The zero-order valence-electron chi connectivity index (χ0n) is 13.6. The van der Waals surface area contributed by atoms with Gasteiger partial charge in [0.1, 0.15) is 0 Å². The Labute approximate surface area is 142 Å². The van der Waals surface area contributed by atoms with Crippen LogP contribution in [0.25, 0.3) is 0 Å². The van der Waals surface area contributed by atoms with Crippen molar-refractivity contribution in [3.05, 3.63) is 64.1 Å². The number of aromatic nitrogens is 1. The highest BCUT2D eigenvalue weighted by atomic mass is 32.2. The highest BCUT2D eigenvalue weighted by Crippen LogP contribution is 2.23. The zero-order chi connectivity index (χ0) is 16.1. The molecule has 0 bridgehead atoms. The van der Waals surface area contributed by atoms with Gasteiger partial charge in [0, 0.05) is 23.7 Å². The van der Waals surface area contributed by atoms with E-state index in [2.05, 4.69) is 40.4 Å². The molecule has 1 aliphatic rings. The molecule has 1 aromatic carbocycles. The van der Waals surface area contributed by atoms with Crippen LogP contribution in [0.4, 0.5) is 0 Å². The first-order valence-corrected chi connectivity index (χ1v) is 9.48. The summed E-state index contributed by atoms with van der Waals surface area (Å²) in [5.74, 6) is 0.731. The maximum atomic E-state index is 11.1. The Kier molecular flexibility index (Phi) is 5.57. The quantitative estimate of drug-likeness (QED) is 0.853. The number of H-pyrrole nitrogens is 1. The van der Waals surface area contributed by atoms with E-state index in [0.29, 0.717) is 0 Å². The number of thioether (sulfide) groups is 1. The molecule has 23 heavy (non-hydrogen) atoms. The van der Waals surface area contributed by atoms with E-state index in [1.165, 1.54) is 28.9 Å². The predicted molar refractivity (Wildman–Crippen MR) is 97.0 cm³/mol. The van der Waals surface area contributed by atoms with Gasteiger partial charge in [0.15, 0.2) is 0 Å². The largest absolute Gasteiger partial charge is 0.329 e. The third kappa shape index (κ3) is 4.72. The highest BCUT2D eigenvalue weighted by Gasteiger charge is 2.19. The lowest BCUT2D eigenvalue weighted by molar-refractivity contribution is 0.177. The molecular formula is C19H24N2OS. The van der Waals surface area contributed by atoms with Crippen molar-refractivity contribution < 1.29 is 0 Å². The Morgan fingerprint density at radius 2 is 2.00 bits per heavy atom. The molecule has 3 nitrogen and oxygen atoms in total. The minimum atomic E-state index is -0.0176. The summed E-state index contributed by atoms with van der Waals surface area (Å²) in [7, 11) is 0. The van der Waals surface area contributed by atoms with Crippen LogP contribution >= 0.6 is 11.8 Å². The fraction of sp³-hybridized carbons (Fsp3) is 0.421. The summed E-state index contributed by atoms with van der Waals surface area (Å²) in [6.45, 7) is 3.38. The molecule has 0 amide bonds. The summed E-state index contributed by atoms with van der Waals surface area (Å²) < 4.78 is 0. The smallest absolute Gasteiger partial charge is 0.247 e. The number of piperidine rings is 1. The molecule has 2 aromatic rings. The number of nitrogens with zero attached hydrogens (tertiary/aromatic N) is 1. The molecule has 1 aliphatic heterocycles. The SMILES string of the molecule is CSc1cccc(CN2CCC(Cc3ccc(=O)[nH]c3)CC2)c1. The Morgan fingerprint density at radius 3 is 2.70 bits per heavy atom. The Hall–Kier alpha value is -1.52. The molecule has 2 heterocycles. The van der Waals surface area contributed by atoms with E-state index < -0.39 is 0 Å². The van der Waals surface area contributed by atoms with Crippen molar-refractivity contribution in [1.29, 1.82) is 0 Å². The molecule has 3 rings (SSSR count). The van der Waals surface area contributed by atoms with Crippen LogP contribution in [0.5, 0.6) is 0 Å². The first-order chi connectivity index (χ1) is 11.2. The Morgan fingerprint density at radius 1 is 1.17 bits per heavy atom. The van der Waals surface area contributed by atoms with Gasteiger partial charge in [-0.15, -0.1) is 11.8 Å². The predicted octanol–water partition coefficient (Wildman–Crippen LogP) is 3.55. The number of pyridine rings is 1. The lowest BCUT2D eigenvalue weighted by atomic mass is 9.90. The maximum absolute atomic E-state index is 11.1. The number of likely N-dealkylation sites (tertiary alicyclic amines) is 1. The molecule has 1 saturated heterocycles. The van der Waals surface area contributed by atoms with Gasteiger partial charge in [-0.25, -0.2) is 0 Å². The average Bonchev–Trinajstić information content (AvgIpc) is 2.59. The van der Waals surface area contributed by atoms with E-state index >= 15 is 0 Å². The number of rotatable bonds is 5. The van der Waals surface area contributed by atoms with Crippen LogP contribution in [0.15, 0.2) is 52.3 Å². The first-order valence-electron chi connectivity index (χ1n) is 8.26. The van der Waals surface area contributed by atoms with Crippen molar-refractivity contribution in [2.24, 2.45) is 5.92 Å². The van der Waals surface area contributed by atoms with E-state index in [4.69, 9.17) is 0 Å². The minimum Gasteiger partial charge on any atom is -0.329 e.